The van der Waals surface area contributed by atoms with Gasteiger partial charge in [-0.15, -0.1) is 0 Å². The van der Waals surface area contributed by atoms with Crippen molar-refractivity contribution in [1.82, 2.24) is 15.0 Å². The van der Waals surface area contributed by atoms with Gasteiger partial charge in [-0.3, -0.25) is 9.59 Å². The fourth-order valence-electron chi connectivity index (χ4n) is 3.11. The summed E-state index contributed by atoms with van der Waals surface area (Å²) in [6.07, 6.45) is 3.22. The number of rotatable bonds is 5. The van der Waals surface area contributed by atoms with Crippen molar-refractivity contribution in [2.24, 2.45) is 0 Å². The molecule has 0 aliphatic carbocycles. The zero-order chi connectivity index (χ0) is 18.5. The summed E-state index contributed by atoms with van der Waals surface area (Å²) >= 11 is 0. The van der Waals surface area contributed by atoms with Gasteiger partial charge in [0.25, 0.3) is 5.89 Å². The van der Waals surface area contributed by atoms with Crippen LogP contribution in [0, 0.1) is 5.82 Å². The molecule has 1 atom stereocenters. The highest BCUT2D eigenvalue weighted by molar-refractivity contribution is 5.81. The maximum atomic E-state index is 13.1. The monoisotopic (exact) mass is 361 g/mol. The number of carboxylic acid groups (broad SMARTS) is 1. The summed E-state index contributed by atoms with van der Waals surface area (Å²) in [5, 5.41) is 12.8. The van der Waals surface area contributed by atoms with Gasteiger partial charge in [-0.1, -0.05) is 18.0 Å². The number of benzene rings is 1. The van der Waals surface area contributed by atoms with E-state index in [1.54, 1.807) is 17.0 Å². The lowest BCUT2D eigenvalue weighted by molar-refractivity contribution is -0.141. The average molecular weight is 361 g/mol. The summed E-state index contributed by atoms with van der Waals surface area (Å²) in [4.78, 5) is 29.3. The van der Waals surface area contributed by atoms with Gasteiger partial charge in [0.05, 0.1) is 12.5 Å². The minimum Gasteiger partial charge on any atom is -0.481 e. The quantitative estimate of drug-likeness (QED) is 0.878. The zero-order valence-corrected chi connectivity index (χ0v) is 14.2. The number of carbonyl (C=O) groups excluding carboxylic acids is 1. The van der Waals surface area contributed by atoms with Crippen molar-refractivity contribution in [2.75, 3.05) is 6.54 Å². The minimum absolute atomic E-state index is 0.0471. The molecule has 2 aromatic rings. The van der Waals surface area contributed by atoms with Crippen molar-refractivity contribution >= 4 is 11.9 Å². The highest BCUT2D eigenvalue weighted by atomic mass is 19.1. The molecule has 1 saturated heterocycles. The molecule has 0 saturated carbocycles. The number of amides is 1. The van der Waals surface area contributed by atoms with Crippen LogP contribution < -0.4 is 0 Å². The fourth-order valence-corrected chi connectivity index (χ4v) is 3.11. The van der Waals surface area contributed by atoms with Gasteiger partial charge in [0.2, 0.25) is 5.91 Å². The van der Waals surface area contributed by atoms with Crippen LogP contribution in [0.15, 0.2) is 28.8 Å². The molecule has 7 nitrogen and oxygen atoms in total. The lowest BCUT2D eigenvalue weighted by Crippen LogP contribution is -2.35. The Morgan fingerprint density at radius 3 is 2.69 bits per heavy atom. The Bertz CT molecular complexity index is 775. The molecule has 1 fully saturated rings. The normalized spacial score (nSPS) is 17.7. The summed E-state index contributed by atoms with van der Waals surface area (Å²) in [6, 6.07) is 5.39. The van der Waals surface area contributed by atoms with Crippen LogP contribution >= 0.6 is 0 Å². The number of halogens is 1. The van der Waals surface area contributed by atoms with E-state index < -0.39 is 5.97 Å². The molecule has 1 amide bonds. The van der Waals surface area contributed by atoms with Gasteiger partial charge >= 0.3 is 5.97 Å². The molecular weight excluding hydrogens is 341 g/mol. The highest BCUT2D eigenvalue weighted by Crippen LogP contribution is 2.30. The number of aliphatic carboxylic acids is 1. The number of aromatic nitrogens is 2. The van der Waals surface area contributed by atoms with Crippen molar-refractivity contribution in [3.05, 3.63) is 35.9 Å². The van der Waals surface area contributed by atoms with Gasteiger partial charge in [0, 0.05) is 18.5 Å². The summed E-state index contributed by atoms with van der Waals surface area (Å²) in [5.41, 5.74) is 0.600. The van der Waals surface area contributed by atoms with Crippen molar-refractivity contribution in [3.63, 3.8) is 0 Å². The second kappa shape index (κ2) is 8.07. The smallest absolute Gasteiger partial charge is 0.303 e. The van der Waals surface area contributed by atoms with Crippen LogP contribution in [0.5, 0.6) is 0 Å². The average Bonchev–Trinajstić information content (AvgIpc) is 2.98. The Hall–Kier alpha value is -2.77. The van der Waals surface area contributed by atoms with E-state index in [9.17, 15) is 14.0 Å². The third kappa shape index (κ3) is 4.25. The highest BCUT2D eigenvalue weighted by Gasteiger charge is 2.30. The van der Waals surface area contributed by atoms with Crippen LogP contribution in [0.25, 0.3) is 11.5 Å². The molecular formula is C18H20FN3O4. The minimum atomic E-state index is -0.997. The lowest BCUT2D eigenvalue weighted by atomic mass is 10.1. The number of hydrogen-bond acceptors (Lipinski definition) is 5. The van der Waals surface area contributed by atoms with E-state index in [1.807, 2.05) is 0 Å². The van der Waals surface area contributed by atoms with Crippen LogP contribution in [0.3, 0.4) is 0 Å². The SMILES string of the molecule is O=C(O)CCC(=O)N1CCCCCC1c1noc(-c2ccc(F)cc2)n1. The fraction of sp³-hybridized carbons (Fsp3) is 0.444. The Morgan fingerprint density at radius 1 is 1.19 bits per heavy atom. The predicted octanol–water partition coefficient (Wildman–Crippen LogP) is 3.18. The van der Waals surface area contributed by atoms with Gasteiger partial charge in [0.15, 0.2) is 5.82 Å². The Morgan fingerprint density at radius 2 is 1.96 bits per heavy atom. The zero-order valence-electron chi connectivity index (χ0n) is 14.2. The van der Waals surface area contributed by atoms with E-state index >= 15 is 0 Å². The summed E-state index contributed by atoms with van der Waals surface area (Å²) in [5.74, 6) is -0.903. The first-order valence-corrected chi connectivity index (χ1v) is 8.65. The molecule has 8 heteroatoms. The van der Waals surface area contributed by atoms with Crippen molar-refractivity contribution in [3.8, 4) is 11.5 Å². The Labute approximate surface area is 149 Å². The van der Waals surface area contributed by atoms with E-state index in [0.717, 1.165) is 19.3 Å². The van der Waals surface area contributed by atoms with E-state index in [0.29, 0.717) is 24.4 Å². The first kappa shape index (κ1) is 18.0. The van der Waals surface area contributed by atoms with Gasteiger partial charge in [-0.2, -0.15) is 4.98 Å². The molecule has 1 aromatic heterocycles. The van der Waals surface area contributed by atoms with E-state index in [2.05, 4.69) is 10.1 Å². The number of hydrogen-bond donors (Lipinski definition) is 1. The van der Waals surface area contributed by atoms with Crippen molar-refractivity contribution < 1.29 is 23.6 Å². The number of likely N-dealkylation sites (tertiary alicyclic amines) is 1. The molecule has 0 spiro atoms. The van der Waals surface area contributed by atoms with Gasteiger partial charge in [-0.25, -0.2) is 4.39 Å². The van der Waals surface area contributed by atoms with Crippen molar-refractivity contribution in [1.29, 1.82) is 0 Å². The van der Waals surface area contributed by atoms with E-state index in [-0.39, 0.29) is 36.5 Å². The molecule has 138 valence electrons. The molecule has 26 heavy (non-hydrogen) atoms. The second-order valence-electron chi connectivity index (χ2n) is 6.31. The third-order valence-electron chi connectivity index (χ3n) is 4.46. The van der Waals surface area contributed by atoms with E-state index in [1.165, 1.54) is 12.1 Å². The number of carbonyl (C=O) groups is 2. The number of carboxylic acids is 1. The molecule has 3 rings (SSSR count). The predicted molar refractivity (Wildman–Crippen MR) is 89.5 cm³/mol. The van der Waals surface area contributed by atoms with Crippen LogP contribution in [0.2, 0.25) is 0 Å². The van der Waals surface area contributed by atoms with Crippen LogP contribution in [-0.2, 0) is 9.59 Å². The largest absolute Gasteiger partial charge is 0.481 e. The molecule has 1 unspecified atom stereocenters. The van der Waals surface area contributed by atoms with Crippen molar-refractivity contribution in [2.45, 2.75) is 44.6 Å². The Balaban J connectivity index is 1.81. The third-order valence-corrected chi connectivity index (χ3v) is 4.46. The molecule has 1 aliphatic rings. The maximum Gasteiger partial charge on any atom is 0.303 e. The van der Waals surface area contributed by atoms with Gasteiger partial charge < -0.3 is 14.5 Å². The summed E-state index contributed by atoms with van der Waals surface area (Å²) in [7, 11) is 0. The first-order chi connectivity index (χ1) is 12.5. The Kier molecular flexibility index (Phi) is 5.60. The van der Waals surface area contributed by atoms with Crippen LogP contribution in [-0.4, -0.2) is 38.6 Å². The summed E-state index contributed by atoms with van der Waals surface area (Å²) < 4.78 is 18.4. The standard InChI is InChI=1S/C18H20FN3O4/c19-13-7-5-12(6-8-13)18-20-17(21-26-18)14-4-2-1-3-11-22(14)15(23)9-10-16(24)25/h5-8,14H,1-4,9-11H2,(H,24,25). The topological polar surface area (TPSA) is 96.5 Å². The first-order valence-electron chi connectivity index (χ1n) is 8.65. The van der Waals surface area contributed by atoms with E-state index in [4.69, 9.17) is 9.63 Å². The second-order valence-corrected chi connectivity index (χ2v) is 6.31. The molecule has 0 radical (unpaired) electrons. The molecule has 1 aromatic carbocycles. The molecule has 2 heterocycles. The molecule has 1 aliphatic heterocycles. The lowest BCUT2D eigenvalue weighted by Gasteiger charge is -2.27. The number of nitrogens with zero attached hydrogens (tertiary/aromatic N) is 3. The van der Waals surface area contributed by atoms with Crippen LogP contribution in [0.4, 0.5) is 4.39 Å². The van der Waals surface area contributed by atoms with Gasteiger partial charge in [0.1, 0.15) is 5.82 Å². The molecule has 0 bridgehead atoms. The summed E-state index contributed by atoms with van der Waals surface area (Å²) in [6.45, 7) is 0.545. The maximum absolute atomic E-state index is 13.1. The van der Waals surface area contributed by atoms with Gasteiger partial charge in [-0.05, 0) is 37.1 Å². The molecule has 1 N–H and O–H groups in total. The van der Waals surface area contributed by atoms with Crippen LogP contribution in [0.1, 0.15) is 50.4 Å².